The lowest BCUT2D eigenvalue weighted by Gasteiger charge is -2.14. The third kappa shape index (κ3) is 3.89. The summed E-state index contributed by atoms with van der Waals surface area (Å²) in [5.41, 5.74) is 1.47. The number of nitriles is 1. The molecule has 0 N–H and O–H groups in total. The Balaban J connectivity index is 2.27. The van der Waals surface area contributed by atoms with Crippen LogP contribution in [0.5, 0.6) is 5.75 Å². The van der Waals surface area contributed by atoms with Gasteiger partial charge in [-0.1, -0.05) is 6.92 Å². The average molecular weight is 313 g/mol. The average Bonchev–Trinajstić information content (AvgIpc) is 3.05. The molecule has 0 aliphatic carbocycles. The standard InChI is InChI=1S/C17H19N3O3/c1-4-12(3)23-16-7-6-15(8-13(16)9-18)20-11-14(10-19-20)17(21)22-5-2/h6-8,10-12H,4-5H2,1-3H3. The van der Waals surface area contributed by atoms with Crippen LogP contribution in [0.15, 0.2) is 30.6 Å². The van der Waals surface area contributed by atoms with Crippen LogP contribution >= 0.6 is 0 Å². The van der Waals surface area contributed by atoms with Crippen LogP contribution < -0.4 is 4.74 Å². The minimum absolute atomic E-state index is 0.0353. The molecule has 6 nitrogen and oxygen atoms in total. The smallest absolute Gasteiger partial charge is 0.341 e. The van der Waals surface area contributed by atoms with Crippen molar-refractivity contribution >= 4 is 5.97 Å². The first-order valence-corrected chi connectivity index (χ1v) is 7.52. The quantitative estimate of drug-likeness (QED) is 0.766. The van der Waals surface area contributed by atoms with Crippen LogP contribution in [-0.2, 0) is 4.74 Å². The minimum Gasteiger partial charge on any atom is -0.489 e. The van der Waals surface area contributed by atoms with Gasteiger partial charge in [-0.25, -0.2) is 9.48 Å². The van der Waals surface area contributed by atoms with Gasteiger partial charge in [-0.2, -0.15) is 10.4 Å². The van der Waals surface area contributed by atoms with Gasteiger partial charge in [0.25, 0.3) is 0 Å². The third-order valence-electron chi connectivity index (χ3n) is 3.34. The van der Waals surface area contributed by atoms with Crippen molar-refractivity contribution in [3.63, 3.8) is 0 Å². The number of hydrogen-bond donors (Lipinski definition) is 0. The Bertz CT molecular complexity index is 731. The molecule has 1 atom stereocenters. The molecule has 0 radical (unpaired) electrons. The molecule has 23 heavy (non-hydrogen) atoms. The van der Waals surface area contributed by atoms with Crippen molar-refractivity contribution in [2.75, 3.05) is 6.61 Å². The van der Waals surface area contributed by atoms with Crippen LogP contribution in [0.4, 0.5) is 0 Å². The Morgan fingerprint density at radius 3 is 2.87 bits per heavy atom. The lowest BCUT2D eigenvalue weighted by Crippen LogP contribution is -2.11. The molecule has 1 heterocycles. The molecule has 0 aliphatic rings. The van der Waals surface area contributed by atoms with Gasteiger partial charge in [0.2, 0.25) is 0 Å². The number of benzene rings is 1. The highest BCUT2D eigenvalue weighted by molar-refractivity contribution is 5.88. The van der Waals surface area contributed by atoms with Gasteiger partial charge in [0, 0.05) is 6.20 Å². The summed E-state index contributed by atoms with van der Waals surface area (Å²) in [5, 5.41) is 13.4. The van der Waals surface area contributed by atoms with E-state index in [0.29, 0.717) is 29.2 Å². The van der Waals surface area contributed by atoms with E-state index in [-0.39, 0.29) is 6.10 Å². The number of carbonyl (C=O) groups excluding carboxylic acids is 1. The summed E-state index contributed by atoms with van der Waals surface area (Å²) in [6.07, 6.45) is 3.90. The first-order valence-electron chi connectivity index (χ1n) is 7.52. The second kappa shape index (κ2) is 7.45. The number of aromatic nitrogens is 2. The number of ether oxygens (including phenoxy) is 2. The fourth-order valence-electron chi connectivity index (χ4n) is 1.93. The summed E-state index contributed by atoms with van der Waals surface area (Å²) >= 11 is 0. The van der Waals surface area contributed by atoms with Crippen molar-refractivity contribution in [2.24, 2.45) is 0 Å². The molecule has 1 aromatic heterocycles. The minimum atomic E-state index is -0.420. The van der Waals surface area contributed by atoms with Gasteiger partial charge in [0.15, 0.2) is 0 Å². The summed E-state index contributed by atoms with van der Waals surface area (Å²) in [7, 11) is 0. The Kier molecular flexibility index (Phi) is 5.36. The van der Waals surface area contributed by atoms with Crippen molar-refractivity contribution in [3.8, 4) is 17.5 Å². The molecular weight excluding hydrogens is 294 g/mol. The monoisotopic (exact) mass is 313 g/mol. The fraction of sp³-hybridized carbons (Fsp3) is 0.353. The van der Waals surface area contributed by atoms with Crippen LogP contribution in [0.1, 0.15) is 43.1 Å². The van der Waals surface area contributed by atoms with E-state index in [1.54, 1.807) is 31.3 Å². The number of nitrogens with zero attached hydrogens (tertiary/aromatic N) is 3. The maximum Gasteiger partial charge on any atom is 0.341 e. The molecule has 2 aromatic rings. The molecule has 0 aliphatic heterocycles. The lowest BCUT2D eigenvalue weighted by atomic mass is 10.2. The molecule has 120 valence electrons. The van der Waals surface area contributed by atoms with Crippen LogP contribution in [0.2, 0.25) is 0 Å². The summed E-state index contributed by atoms with van der Waals surface area (Å²) in [6, 6.07) is 7.34. The van der Waals surface area contributed by atoms with Gasteiger partial charge in [-0.15, -0.1) is 0 Å². The second-order valence-corrected chi connectivity index (χ2v) is 5.02. The van der Waals surface area contributed by atoms with Crippen molar-refractivity contribution < 1.29 is 14.3 Å². The molecule has 1 unspecified atom stereocenters. The number of carbonyl (C=O) groups is 1. The van der Waals surface area contributed by atoms with Crippen LogP contribution in [0, 0.1) is 11.3 Å². The summed E-state index contributed by atoms with van der Waals surface area (Å²) < 4.78 is 12.2. The zero-order valence-electron chi connectivity index (χ0n) is 13.4. The zero-order valence-corrected chi connectivity index (χ0v) is 13.4. The molecule has 6 heteroatoms. The van der Waals surface area contributed by atoms with E-state index in [1.807, 2.05) is 13.8 Å². The van der Waals surface area contributed by atoms with Gasteiger partial charge in [0.05, 0.1) is 35.7 Å². The third-order valence-corrected chi connectivity index (χ3v) is 3.34. The van der Waals surface area contributed by atoms with E-state index in [0.717, 1.165) is 6.42 Å². The summed E-state index contributed by atoms with van der Waals surface area (Å²) in [4.78, 5) is 11.7. The van der Waals surface area contributed by atoms with Crippen molar-refractivity contribution in [2.45, 2.75) is 33.3 Å². The molecule has 1 aromatic carbocycles. The molecule has 0 saturated heterocycles. The number of esters is 1. The van der Waals surface area contributed by atoms with E-state index >= 15 is 0 Å². The highest BCUT2D eigenvalue weighted by Gasteiger charge is 2.12. The lowest BCUT2D eigenvalue weighted by molar-refractivity contribution is 0.0526. The van der Waals surface area contributed by atoms with Gasteiger partial charge in [-0.05, 0) is 38.5 Å². The summed E-state index contributed by atoms with van der Waals surface area (Å²) in [6.45, 7) is 6.03. The first-order chi connectivity index (χ1) is 11.1. The zero-order chi connectivity index (χ0) is 16.8. The van der Waals surface area contributed by atoms with Crippen molar-refractivity contribution in [1.29, 1.82) is 5.26 Å². The Labute approximate surface area is 135 Å². The van der Waals surface area contributed by atoms with Crippen molar-refractivity contribution in [3.05, 3.63) is 41.7 Å². The fourth-order valence-corrected chi connectivity index (χ4v) is 1.93. The molecule has 0 amide bonds. The predicted octanol–water partition coefficient (Wildman–Crippen LogP) is 3.10. The van der Waals surface area contributed by atoms with E-state index in [2.05, 4.69) is 11.2 Å². The van der Waals surface area contributed by atoms with Crippen LogP contribution in [0.25, 0.3) is 5.69 Å². The van der Waals surface area contributed by atoms with E-state index in [1.165, 1.54) is 10.9 Å². The van der Waals surface area contributed by atoms with Crippen LogP contribution in [-0.4, -0.2) is 28.5 Å². The van der Waals surface area contributed by atoms with E-state index < -0.39 is 5.97 Å². The van der Waals surface area contributed by atoms with Gasteiger partial charge >= 0.3 is 5.97 Å². The number of hydrogen-bond acceptors (Lipinski definition) is 5. The Hall–Kier alpha value is -2.81. The van der Waals surface area contributed by atoms with Gasteiger partial charge < -0.3 is 9.47 Å². The molecule has 2 rings (SSSR count). The second-order valence-electron chi connectivity index (χ2n) is 5.02. The Morgan fingerprint density at radius 1 is 1.43 bits per heavy atom. The summed E-state index contributed by atoms with van der Waals surface area (Å²) in [5.74, 6) is 0.124. The number of rotatable bonds is 6. The first kappa shape index (κ1) is 16.6. The SMILES string of the molecule is CCOC(=O)c1cnn(-c2ccc(OC(C)CC)c(C#N)c2)c1. The Morgan fingerprint density at radius 2 is 2.22 bits per heavy atom. The molecule has 0 bridgehead atoms. The van der Waals surface area contributed by atoms with E-state index in [9.17, 15) is 10.1 Å². The van der Waals surface area contributed by atoms with Crippen molar-refractivity contribution in [1.82, 2.24) is 9.78 Å². The molecule has 0 saturated carbocycles. The molecule has 0 fully saturated rings. The van der Waals surface area contributed by atoms with E-state index in [4.69, 9.17) is 9.47 Å². The topological polar surface area (TPSA) is 77.1 Å². The highest BCUT2D eigenvalue weighted by atomic mass is 16.5. The maximum atomic E-state index is 11.7. The molecule has 0 spiro atoms. The van der Waals surface area contributed by atoms with Crippen LogP contribution in [0.3, 0.4) is 0 Å². The highest BCUT2D eigenvalue weighted by Crippen LogP contribution is 2.23. The maximum absolute atomic E-state index is 11.7. The van der Waals surface area contributed by atoms with Gasteiger partial charge in [-0.3, -0.25) is 0 Å². The van der Waals surface area contributed by atoms with Gasteiger partial charge in [0.1, 0.15) is 11.8 Å². The predicted molar refractivity (Wildman–Crippen MR) is 84.6 cm³/mol. The molecular formula is C17H19N3O3. The largest absolute Gasteiger partial charge is 0.489 e. The normalized spacial score (nSPS) is 11.6.